The van der Waals surface area contributed by atoms with E-state index in [-0.39, 0.29) is 43.4 Å². The van der Waals surface area contributed by atoms with Gasteiger partial charge in [-0.3, -0.25) is 14.5 Å². The van der Waals surface area contributed by atoms with Crippen LogP contribution >= 0.6 is 11.8 Å². The van der Waals surface area contributed by atoms with Crippen molar-refractivity contribution in [1.82, 2.24) is 9.58 Å². The van der Waals surface area contributed by atoms with Gasteiger partial charge in [-0.25, -0.2) is 23.3 Å². The van der Waals surface area contributed by atoms with Crippen molar-refractivity contribution in [3.8, 4) is 5.75 Å². The Balaban J connectivity index is 1.38. The number of pyridine rings is 1. The first-order chi connectivity index (χ1) is 21.6. The van der Waals surface area contributed by atoms with Crippen LogP contribution in [0.15, 0.2) is 51.8 Å². The molecule has 4 atom stereocenters. The summed E-state index contributed by atoms with van der Waals surface area (Å²) in [5.74, 6) is -2.88. The van der Waals surface area contributed by atoms with Gasteiger partial charge in [0.2, 0.25) is 17.3 Å². The number of morpholine rings is 1. The van der Waals surface area contributed by atoms with Gasteiger partial charge in [-0.15, -0.1) is 11.8 Å². The number of hydrogen-bond donors (Lipinski definition) is 1. The van der Waals surface area contributed by atoms with Crippen molar-refractivity contribution >= 4 is 23.9 Å². The number of aromatic nitrogens is 1. The Hall–Kier alpha value is -3.72. The molecule has 1 aromatic carbocycles. The molecule has 4 aliphatic heterocycles. The molecule has 1 aliphatic carbocycles. The van der Waals surface area contributed by atoms with E-state index in [1.54, 1.807) is 24.8 Å². The molecule has 11 nitrogen and oxygen atoms in total. The molecule has 5 aliphatic rings. The minimum absolute atomic E-state index is 0.0389. The Morgan fingerprint density at radius 2 is 2.02 bits per heavy atom. The number of esters is 1. The van der Waals surface area contributed by atoms with E-state index >= 15 is 4.39 Å². The van der Waals surface area contributed by atoms with Gasteiger partial charge in [-0.2, -0.15) is 0 Å². The number of carbonyl (C=O) groups is 2. The van der Waals surface area contributed by atoms with Crippen molar-refractivity contribution in [3.05, 3.63) is 85.7 Å². The van der Waals surface area contributed by atoms with Crippen LogP contribution in [0.3, 0.4) is 0 Å². The molecule has 0 amide bonds. The summed E-state index contributed by atoms with van der Waals surface area (Å²) in [5.41, 5.74) is 0.0149. The van der Waals surface area contributed by atoms with E-state index in [1.165, 1.54) is 28.7 Å². The molecular weight excluding hydrogens is 612 g/mol. The van der Waals surface area contributed by atoms with Crippen LogP contribution in [0.5, 0.6) is 5.75 Å². The number of benzene rings is 1. The van der Waals surface area contributed by atoms with Gasteiger partial charge >= 0.3 is 12.1 Å². The second-order valence-electron chi connectivity index (χ2n) is 12.2. The zero-order valence-electron chi connectivity index (χ0n) is 24.5. The number of aliphatic hydroxyl groups excluding tert-OH is 1. The summed E-state index contributed by atoms with van der Waals surface area (Å²) in [6.45, 7) is 4.10. The fourth-order valence-corrected chi connectivity index (χ4v) is 7.82. The Kier molecular flexibility index (Phi) is 7.50. The number of halogens is 2. The van der Waals surface area contributed by atoms with Gasteiger partial charge in [-0.05, 0) is 34.9 Å². The number of rotatable bonds is 3. The van der Waals surface area contributed by atoms with Gasteiger partial charge in [0, 0.05) is 35.5 Å². The van der Waals surface area contributed by atoms with Gasteiger partial charge < -0.3 is 24.1 Å². The van der Waals surface area contributed by atoms with Gasteiger partial charge in [0.15, 0.2) is 17.9 Å². The maximum absolute atomic E-state index is 15.4. The number of thioether (sulfide) groups is 1. The Labute approximate surface area is 260 Å². The molecule has 1 N–H and O–H groups in total. The maximum atomic E-state index is 15.4. The minimum Gasteiger partial charge on any atom is -0.462 e. The van der Waals surface area contributed by atoms with E-state index < -0.39 is 64.9 Å². The Bertz CT molecular complexity index is 1710. The number of ether oxygens (including phenoxy) is 4. The zero-order chi connectivity index (χ0) is 31.6. The smallest absolute Gasteiger partial charge is 0.462 e. The number of allylic oxidation sites excluding steroid dienone is 2. The van der Waals surface area contributed by atoms with Crippen molar-refractivity contribution in [2.24, 2.45) is 5.41 Å². The lowest BCUT2D eigenvalue weighted by Gasteiger charge is -2.53. The molecule has 0 bridgehead atoms. The molecule has 2 saturated heterocycles. The molecule has 1 aromatic heterocycles. The van der Waals surface area contributed by atoms with E-state index in [0.29, 0.717) is 12.0 Å². The highest BCUT2D eigenvalue weighted by Crippen LogP contribution is 2.48. The summed E-state index contributed by atoms with van der Waals surface area (Å²) in [6.07, 6.45) is 2.36. The van der Waals surface area contributed by atoms with Crippen molar-refractivity contribution < 1.29 is 42.4 Å². The quantitative estimate of drug-likeness (QED) is 0.492. The topological polar surface area (TPSA) is 120 Å². The fraction of sp³-hybridized carbons (Fsp3) is 0.452. The molecule has 0 radical (unpaired) electrons. The number of nitrogens with zero attached hydrogens (tertiary/aromatic N) is 3. The van der Waals surface area contributed by atoms with E-state index in [4.69, 9.17) is 18.9 Å². The summed E-state index contributed by atoms with van der Waals surface area (Å²) in [5, 5.41) is 13.6. The van der Waals surface area contributed by atoms with Crippen LogP contribution in [-0.2, 0) is 24.8 Å². The van der Waals surface area contributed by atoms with Crippen LogP contribution < -0.4 is 15.2 Å². The predicted octanol–water partition coefficient (Wildman–Crippen LogP) is 3.79. The SMILES string of the molecule is CC1(C)COC(=O)[C@@H]1OC(=O)Oc1c2n(ccc1=O)N([C@@H]1C3=C(CCC=C3)SCc3c1ccc(F)c3F)[C@@H]1COCCN1C2O. The van der Waals surface area contributed by atoms with Crippen LogP contribution in [0.25, 0.3) is 0 Å². The summed E-state index contributed by atoms with van der Waals surface area (Å²) in [4.78, 5) is 41.3. The average molecular weight is 644 g/mol. The normalized spacial score (nSPS) is 27.1. The molecule has 238 valence electrons. The van der Waals surface area contributed by atoms with E-state index in [2.05, 4.69) is 0 Å². The molecule has 5 heterocycles. The van der Waals surface area contributed by atoms with Crippen LogP contribution in [-0.4, -0.2) is 65.4 Å². The third kappa shape index (κ3) is 4.94. The molecule has 0 spiro atoms. The molecule has 2 aromatic rings. The van der Waals surface area contributed by atoms with Gasteiger partial charge in [-0.1, -0.05) is 32.1 Å². The summed E-state index contributed by atoms with van der Waals surface area (Å²) < 4.78 is 53.2. The summed E-state index contributed by atoms with van der Waals surface area (Å²) in [7, 11) is 0. The molecule has 14 heteroatoms. The van der Waals surface area contributed by atoms with E-state index in [1.807, 2.05) is 17.2 Å². The molecule has 7 rings (SSSR count). The molecule has 45 heavy (non-hydrogen) atoms. The number of carbonyl (C=O) groups excluding carboxylic acids is 2. The van der Waals surface area contributed by atoms with Crippen LogP contribution in [0.2, 0.25) is 0 Å². The first-order valence-electron chi connectivity index (χ1n) is 14.7. The van der Waals surface area contributed by atoms with Gasteiger partial charge in [0.1, 0.15) is 18.5 Å². The number of aliphatic hydroxyl groups is 1. The number of hydrogen-bond acceptors (Lipinski definition) is 11. The van der Waals surface area contributed by atoms with E-state index in [9.17, 15) is 23.9 Å². The van der Waals surface area contributed by atoms with Crippen molar-refractivity contribution in [1.29, 1.82) is 0 Å². The first kappa shape index (κ1) is 30.0. The van der Waals surface area contributed by atoms with Crippen molar-refractivity contribution in [2.75, 3.05) is 31.4 Å². The fourth-order valence-electron chi connectivity index (χ4n) is 6.60. The Morgan fingerprint density at radius 3 is 2.80 bits per heavy atom. The van der Waals surface area contributed by atoms with Crippen LogP contribution in [0.4, 0.5) is 13.6 Å². The monoisotopic (exact) mass is 643 g/mol. The third-order valence-corrected chi connectivity index (χ3v) is 10.1. The molecule has 1 unspecified atom stereocenters. The van der Waals surface area contributed by atoms with Crippen molar-refractivity contribution in [3.63, 3.8) is 0 Å². The number of cyclic esters (lactones) is 1. The Morgan fingerprint density at radius 1 is 1.20 bits per heavy atom. The van der Waals surface area contributed by atoms with E-state index in [0.717, 1.165) is 23.0 Å². The molecular formula is C31H31F2N3O8S. The lowest BCUT2D eigenvalue weighted by atomic mass is 9.90. The second kappa shape index (κ2) is 11.3. The lowest BCUT2D eigenvalue weighted by Crippen LogP contribution is -2.65. The second-order valence-corrected chi connectivity index (χ2v) is 13.2. The zero-order valence-corrected chi connectivity index (χ0v) is 25.4. The lowest BCUT2D eigenvalue weighted by molar-refractivity contribution is -0.146. The molecule has 2 fully saturated rings. The number of fused-ring (bicyclic) bond motifs is 3. The summed E-state index contributed by atoms with van der Waals surface area (Å²) >= 11 is 1.46. The maximum Gasteiger partial charge on any atom is 0.514 e. The van der Waals surface area contributed by atoms with Gasteiger partial charge in [0.05, 0.1) is 19.3 Å². The van der Waals surface area contributed by atoms with Gasteiger partial charge in [0.25, 0.3) is 0 Å². The third-order valence-electron chi connectivity index (χ3n) is 8.87. The highest BCUT2D eigenvalue weighted by Gasteiger charge is 2.49. The largest absolute Gasteiger partial charge is 0.514 e. The average Bonchev–Trinajstić information content (AvgIpc) is 3.18. The standard InChI is InChI=1S/C31H31F2N3O8S/c1-31(2)15-42-29(39)27(31)44-30(40)43-26-20(37)9-10-35-25(26)28(38)34-11-12-41-13-22(34)36(35)24-16-7-8-19(32)23(33)18(16)14-45-21-6-4-3-5-17(21)24/h3,5,7-10,22,24,27-28,38H,4,6,11-15H2,1-2H3/t22-,24+,27+,28?/m1/s1. The minimum atomic E-state index is -1.42. The van der Waals surface area contributed by atoms with Crippen LogP contribution in [0, 0.1) is 17.0 Å². The summed E-state index contributed by atoms with van der Waals surface area (Å²) in [6, 6.07) is 3.15. The predicted molar refractivity (Wildman–Crippen MR) is 157 cm³/mol. The van der Waals surface area contributed by atoms with Crippen molar-refractivity contribution in [2.45, 2.75) is 57.0 Å². The molecule has 0 saturated carbocycles. The van der Waals surface area contributed by atoms with Crippen LogP contribution in [0.1, 0.15) is 55.8 Å². The first-order valence-corrected chi connectivity index (χ1v) is 15.7. The highest BCUT2D eigenvalue weighted by molar-refractivity contribution is 8.02. The highest BCUT2D eigenvalue weighted by atomic mass is 32.2.